The monoisotopic (exact) mass is 498 g/mol. The number of nitrogens with one attached hydrogen (secondary N) is 2. The summed E-state index contributed by atoms with van der Waals surface area (Å²) in [7, 11) is 0. The van der Waals surface area contributed by atoms with Gasteiger partial charge in [0.25, 0.3) is 0 Å². The van der Waals surface area contributed by atoms with E-state index < -0.39 is 0 Å². The van der Waals surface area contributed by atoms with Gasteiger partial charge in [0.15, 0.2) is 0 Å². The average molecular weight is 499 g/mol. The van der Waals surface area contributed by atoms with Crippen LogP contribution in [0.25, 0.3) is 32.8 Å². The number of nitrogens with zero attached hydrogens (tertiary/aromatic N) is 2. The number of aromatic nitrogens is 2. The lowest BCUT2D eigenvalue weighted by molar-refractivity contribution is 0.262. The van der Waals surface area contributed by atoms with Gasteiger partial charge in [-0.2, -0.15) is 0 Å². The number of amides is 2. The van der Waals surface area contributed by atoms with E-state index in [2.05, 4.69) is 39.7 Å². The Kier molecular flexibility index (Phi) is 6.57. The summed E-state index contributed by atoms with van der Waals surface area (Å²) in [5, 5.41) is 9.52. The molecule has 7 heteroatoms. The molecule has 0 atom stereocenters. The normalized spacial score (nSPS) is 11.1. The quantitative estimate of drug-likeness (QED) is 0.241. The summed E-state index contributed by atoms with van der Waals surface area (Å²) in [5.74, 6) is 0. The minimum atomic E-state index is -0.356. The highest BCUT2D eigenvalue weighted by Gasteiger charge is 2.17. The van der Waals surface area contributed by atoms with Gasteiger partial charge in [0, 0.05) is 49.6 Å². The Bertz CT molecular complexity index is 1570. The maximum atomic E-state index is 13.3. The van der Waals surface area contributed by atoms with E-state index in [4.69, 9.17) is 11.6 Å². The Morgan fingerprint density at radius 2 is 1.86 bits per heavy atom. The van der Waals surface area contributed by atoms with Crippen LogP contribution >= 0.6 is 23.4 Å². The third kappa shape index (κ3) is 4.55. The molecular formula is C28H23ClN4OS. The molecule has 0 bridgehead atoms. The van der Waals surface area contributed by atoms with Crippen molar-refractivity contribution in [3.05, 3.63) is 89.8 Å². The van der Waals surface area contributed by atoms with E-state index in [-0.39, 0.29) is 6.03 Å². The van der Waals surface area contributed by atoms with Crippen LogP contribution in [0.3, 0.4) is 0 Å². The van der Waals surface area contributed by atoms with Gasteiger partial charge >= 0.3 is 6.03 Å². The molecule has 174 valence electrons. The van der Waals surface area contributed by atoms with E-state index in [9.17, 15) is 4.79 Å². The molecule has 0 radical (unpaired) electrons. The second-order valence-electron chi connectivity index (χ2n) is 8.05. The molecule has 0 aliphatic carbocycles. The Hall–Kier alpha value is -3.61. The number of aryl methyl sites for hydroxylation is 1. The van der Waals surface area contributed by atoms with Crippen LogP contribution in [0.2, 0.25) is 5.02 Å². The smallest absolute Gasteiger partial charge is 0.306 e. The number of anilines is 2. The highest BCUT2D eigenvalue weighted by atomic mass is 35.5. The number of hydrogen-bond donors (Lipinski definition) is 2. The Labute approximate surface area is 212 Å². The van der Waals surface area contributed by atoms with Crippen LogP contribution in [-0.4, -0.2) is 22.3 Å². The summed E-state index contributed by atoms with van der Waals surface area (Å²) in [6.45, 7) is 2.11. The zero-order valence-corrected chi connectivity index (χ0v) is 20.9. The van der Waals surface area contributed by atoms with Gasteiger partial charge in [0.1, 0.15) is 0 Å². The Morgan fingerprint density at radius 3 is 2.66 bits per heavy atom. The second-order valence-corrected chi connectivity index (χ2v) is 9.31. The molecule has 2 aromatic heterocycles. The van der Waals surface area contributed by atoms with Crippen LogP contribution in [0.1, 0.15) is 12.5 Å². The van der Waals surface area contributed by atoms with Crippen LogP contribution in [-0.2, 0) is 6.42 Å². The number of fused-ring (bicyclic) bond motifs is 2. The number of thioether (sulfide) groups is 1. The van der Waals surface area contributed by atoms with Gasteiger partial charge in [-0.05, 0) is 48.6 Å². The molecule has 5 rings (SSSR count). The lowest BCUT2D eigenvalue weighted by Gasteiger charge is -2.17. The first kappa shape index (κ1) is 23.1. The molecule has 2 amide bonds. The average Bonchev–Trinajstić information content (AvgIpc) is 2.89. The molecule has 5 nitrogen and oxygen atoms in total. The van der Waals surface area contributed by atoms with Gasteiger partial charge in [-0.25, -0.2) is 4.79 Å². The van der Waals surface area contributed by atoms with Crippen molar-refractivity contribution >= 4 is 62.4 Å². The van der Waals surface area contributed by atoms with Gasteiger partial charge in [0.05, 0.1) is 23.1 Å². The maximum absolute atomic E-state index is 13.3. The summed E-state index contributed by atoms with van der Waals surface area (Å²) in [6.07, 6.45) is 8.08. The first-order valence-corrected chi connectivity index (χ1v) is 12.8. The van der Waals surface area contributed by atoms with Gasteiger partial charge in [-0.1, -0.05) is 48.9 Å². The molecule has 0 aliphatic rings. The van der Waals surface area contributed by atoms with Gasteiger partial charge in [-0.3, -0.25) is 9.97 Å². The van der Waals surface area contributed by atoms with Crippen LogP contribution in [0.4, 0.5) is 16.2 Å². The third-order valence-corrected chi connectivity index (χ3v) is 7.08. The molecule has 0 saturated carbocycles. The van der Waals surface area contributed by atoms with Crippen molar-refractivity contribution in [2.75, 3.05) is 16.9 Å². The molecular weight excluding hydrogens is 476 g/mol. The van der Waals surface area contributed by atoms with Crippen LogP contribution < -0.4 is 10.6 Å². The van der Waals surface area contributed by atoms with Crippen molar-refractivity contribution in [1.29, 1.82) is 0 Å². The number of pyridine rings is 2. The Balaban J connectivity index is 1.60. The number of hydrogen-bond acceptors (Lipinski definition) is 4. The van der Waals surface area contributed by atoms with E-state index in [1.54, 1.807) is 30.4 Å². The summed E-state index contributed by atoms with van der Waals surface area (Å²) in [5.41, 5.74) is 5.04. The van der Waals surface area contributed by atoms with Crippen molar-refractivity contribution < 1.29 is 4.79 Å². The van der Waals surface area contributed by atoms with Gasteiger partial charge in [-0.15, -0.1) is 11.8 Å². The van der Waals surface area contributed by atoms with E-state index in [1.807, 2.05) is 54.8 Å². The SMILES string of the molecule is CCc1ccc2ncc(NC(=O)Nc3c(SC)ccc4cnccc34)c(-c3ccccc3Cl)c2c1. The number of benzene rings is 3. The molecule has 35 heavy (non-hydrogen) atoms. The number of urea groups is 1. The predicted molar refractivity (Wildman–Crippen MR) is 148 cm³/mol. The van der Waals surface area contributed by atoms with Crippen molar-refractivity contribution in [2.24, 2.45) is 0 Å². The van der Waals surface area contributed by atoms with E-state index in [0.29, 0.717) is 10.7 Å². The number of halogens is 1. The third-order valence-electron chi connectivity index (χ3n) is 5.97. The fourth-order valence-electron chi connectivity index (χ4n) is 4.22. The molecule has 2 N–H and O–H groups in total. The lowest BCUT2D eigenvalue weighted by atomic mass is 9.97. The van der Waals surface area contributed by atoms with Crippen LogP contribution in [0.15, 0.2) is 84.1 Å². The summed E-state index contributed by atoms with van der Waals surface area (Å²) < 4.78 is 0. The largest absolute Gasteiger partial charge is 0.323 e. The van der Waals surface area contributed by atoms with Crippen LogP contribution in [0, 0.1) is 0 Å². The Morgan fingerprint density at radius 1 is 1.00 bits per heavy atom. The highest BCUT2D eigenvalue weighted by Crippen LogP contribution is 2.39. The summed E-state index contributed by atoms with van der Waals surface area (Å²) >= 11 is 8.19. The van der Waals surface area contributed by atoms with Crippen molar-refractivity contribution in [3.8, 4) is 11.1 Å². The molecule has 0 aliphatic heterocycles. The number of carbonyl (C=O) groups is 1. The molecule has 0 fully saturated rings. The first-order valence-electron chi connectivity index (χ1n) is 11.2. The van der Waals surface area contributed by atoms with Crippen LogP contribution in [0.5, 0.6) is 0 Å². The standard InChI is InChI=1S/C28H23ClN4OS/c1-3-17-8-10-23-21(14-17)26(20-6-4-5-7-22(20)29)24(16-31-23)32-28(34)33-27-19-12-13-30-15-18(19)9-11-25(27)35-2/h4-16H,3H2,1-2H3,(H2,32,33,34). The van der Waals surface area contributed by atoms with Gasteiger partial charge in [0.2, 0.25) is 0 Å². The molecule has 0 spiro atoms. The highest BCUT2D eigenvalue weighted by molar-refractivity contribution is 7.98. The lowest BCUT2D eigenvalue weighted by Crippen LogP contribution is -2.20. The van der Waals surface area contributed by atoms with E-state index >= 15 is 0 Å². The number of rotatable bonds is 5. The molecule has 5 aromatic rings. The zero-order chi connectivity index (χ0) is 24.4. The fraction of sp³-hybridized carbons (Fsp3) is 0.107. The molecule has 3 aromatic carbocycles. The molecule has 0 saturated heterocycles. The summed E-state index contributed by atoms with van der Waals surface area (Å²) in [4.78, 5) is 23.1. The number of carbonyl (C=O) groups excluding carboxylic acids is 1. The van der Waals surface area contributed by atoms with E-state index in [0.717, 1.165) is 49.8 Å². The molecule has 0 unspecified atom stereocenters. The second kappa shape index (κ2) is 9.94. The molecule has 2 heterocycles. The topological polar surface area (TPSA) is 66.9 Å². The maximum Gasteiger partial charge on any atom is 0.323 e. The predicted octanol–water partition coefficient (Wildman–Crippen LogP) is 8.03. The zero-order valence-electron chi connectivity index (χ0n) is 19.3. The van der Waals surface area contributed by atoms with E-state index in [1.165, 1.54) is 5.56 Å². The summed E-state index contributed by atoms with van der Waals surface area (Å²) in [6, 6.07) is 19.4. The minimum Gasteiger partial charge on any atom is -0.306 e. The first-order chi connectivity index (χ1) is 17.1. The van der Waals surface area contributed by atoms with Gasteiger partial charge < -0.3 is 10.6 Å². The van der Waals surface area contributed by atoms with Crippen molar-refractivity contribution in [2.45, 2.75) is 18.2 Å². The minimum absolute atomic E-state index is 0.356. The van der Waals surface area contributed by atoms with Crippen molar-refractivity contribution in [1.82, 2.24) is 9.97 Å². The van der Waals surface area contributed by atoms with Crippen molar-refractivity contribution in [3.63, 3.8) is 0 Å². The fourth-order valence-corrected chi connectivity index (χ4v) is 5.02.